The van der Waals surface area contributed by atoms with E-state index in [-0.39, 0.29) is 5.92 Å². The van der Waals surface area contributed by atoms with Crippen molar-refractivity contribution in [1.29, 1.82) is 0 Å². The molecule has 0 spiro atoms. The quantitative estimate of drug-likeness (QED) is 0.804. The Balaban J connectivity index is 1.84. The van der Waals surface area contributed by atoms with Crippen molar-refractivity contribution in [2.24, 2.45) is 11.8 Å². The predicted octanol–water partition coefficient (Wildman–Crippen LogP) is 2.72. The molecule has 1 fully saturated rings. The van der Waals surface area contributed by atoms with Crippen molar-refractivity contribution in [3.8, 4) is 0 Å². The molecule has 1 aromatic rings. The summed E-state index contributed by atoms with van der Waals surface area (Å²) in [7, 11) is 2.05. The van der Waals surface area contributed by atoms with Gasteiger partial charge in [0.1, 0.15) is 11.5 Å². The smallest absolute Gasteiger partial charge is 0.137 e. The topological polar surface area (TPSA) is 33.5 Å². The van der Waals surface area contributed by atoms with E-state index in [1.54, 1.807) is 6.26 Å². The Hall–Kier alpha value is -1.09. The van der Waals surface area contributed by atoms with Crippen LogP contribution in [0.2, 0.25) is 0 Å². The second-order valence-corrected chi connectivity index (χ2v) is 5.32. The molecule has 94 valence electrons. The molecule has 0 aliphatic heterocycles. The first-order valence-corrected chi connectivity index (χ1v) is 6.39. The molecule has 0 aromatic carbocycles. The number of Topliss-reactive ketones (excluding diaryl/α,β-unsaturated/α-hetero) is 1. The van der Waals surface area contributed by atoms with Crippen LogP contribution < -0.4 is 0 Å². The van der Waals surface area contributed by atoms with Crippen LogP contribution in [0.3, 0.4) is 0 Å². The van der Waals surface area contributed by atoms with Crippen LogP contribution in [-0.4, -0.2) is 24.3 Å². The van der Waals surface area contributed by atoms with Crippen LogP contribution in [0.25, 0.3) is 0 Å². The fraction of sp³-hybridized carbons (Fsp3) is 0.643. The maximum Gasteiger partial charge on any atom is 0.137 e. The fourth-order valence-corrected chi connectivity index (χ4v) is 2.61. The zero-order valence-corrected chi connectivity index (χ0v) is 10.7. The van der Waals surface area contributed by atoms with Crippen LogP contribution in [0.1, 0.15) is 31.9 Å². The molecule has 0 N–H and O–H groups in total. The second kappa shape index (κ2) is 5.50. The van der Waals surface area contributed by atoms with E-state index < -0.39 is 0 Å². The first-order valence-electron chi connectivity index (χ1n) is 6.39. The molecule has 3 nitrogen and oxygen atoms in total. The van der Waals surface area contributed by atoms with Crippen LogP contribution in [0.4, 0.5) is 0 Å². The third kappa shape index (κ3) is 3.43. The van der Waals surface area contributed by atoms with Crippen LogP contribution in [0, 0.1) is 11.8 Å². The van der Waals surface area contributed by atoms with Crippen LogP contribution in [0.5, 0.6) is 0 Å². The van der Waals surface area contributed by atoms with E-state index in [9.17, 15) is 4.79 Å². The molecule has 1 saturated carbocycles. The Kier molecular flexibility index (Phi) is 4.00. The lowest BCUT2D eigenvalue weighted by Gasteiger charge is -2.28. The first kappa shape index (κ1) is 12.4. The Morgan fingerprint density at radius 3 is 3.06 bits per heavy atom. The second-order valence-electron chi connectivity index (χ2n) is 5.32. The van der Waals surface area contributed by atoms with E-state index in [0.29, 0.717) is 11.7 Å². The molecule has 1 aromatic heterocycles. The van der Waals surface area contributed by atoms with E-state index in [1.165, 1.54) is 0 Å². The zero-order valence-electron chi connectivity index (χ0n) is 10.7. The Morgan fingerprint density at radius 1 is 1.53 bits per heavy atom. The van der Waals surface area contributed by atoms with Crippen LogP contribution >= 0.6 is 0 Å². The fourth-order valence-electron chi connectivity index (χ4n) is 2.61. The highest BCUT2D eigenvalue weighted by Crippen LogP contribution is 2.26. The van der Waals surface area contributed by atoms with Gasteiger partial charge in [-0.2, -0.15) is 0 Å². The lowest BCUT2D eigenvalue weighted by atomic mass is 9.81. The molecule has 2 unspecified atom stereocenters. The standard InChI is InChI=1S/C14H21NO2/c1-11-5-6-14(16)12(8-11)9-15(2)10-13-4-3-7-17-13/h3-4,7,11-12H,5-6,8-10H2,1-2H3. The number of ketones is 1. The highest BCUT2D eigenvalue weighted by molar-refractivity contribution is 5.81. The van der Waals surface area contributed by atoms with E-state index in [2.05, 4.69) is 18.9 Å². The molecule has 0 bridgehead atoms. The summed E-state index contributed by atoms with van der Waals surface area (Å²) in [5.74, 6) is 2.31. The van der Waals surface area contributed by atoms with Gasteiger partial charge < -0.3 is 4.42 Å². The lowest BCUT2D eigenvalue weighted by molar-refractivity contribution is -0.126. The minimum Gasteiger partial charge on any atom is -0.468 e. The minimum absolute atomic E-state index is 0.221. The third-order valence-corrected chi connectivity index (χ3v) is 3.56. The number of hydrogen-bond donors (Lipinski definition) is 0. The van der Waals surface area contributed by atoms with Gasteiger partial charge in [0.2, 0.25) is 0 Å². The molecular formula is C14H21NO2. The Bertz CT molecular complexity index is 358. The number of hydrogen-bond acceptors (Lipinski definition) is 3. The summed E-state index contributed by atoms with van der Waals surface area (Å²) in [6.07, 6.45) is 4.57. The molecule has 1 aliphatic rings. The molecule has 0 saturated heterocycles. The molecule has 2 atom stereocenters. The van der Waals surface area contributed by atoms with Crippen molar-refractivity contribution in [2.75, 3.05) is 13.6 Å². The van der Waals surface area contributed by atoms with Crippen LogP contribution in [-0.2, 0) is 11.3 Å². The molecule has 17 heavy (non-hydrogen) atoms. The van der Waals surface area contributed by atoms with E-state index >= 15 is 0 Å². The van der Waals surface area contributed by atoms with Gasteiger partial charge >= 0.3 is 0 Å². The van der Waals surface area contributed by atoms with Gasteiger partial charge in [0.05, 0.1) is 12.8 Å². The molecule has 0 amide bonds. The van der Waals surface area contributed by atoms with E-state index in [4.69, 9.17) is 4.42 Å². The highest BCUT2D eigenvalue weighted by atomic mass is 16.3. The van der Waals surface area contributed by atoms with E-state index in [1.807, 2.05) is 12.1 Å². The number of carbonyl (C=O) groups is 1. The summed E-state index contributed by atoms with van der Waals surface area (Å²) in [6.45, 7) is 3.88. The van der Waals surface area contributed by atoms with Gasteiger partial charge in [-0.05, 0) is 37.9 Å². The molecule has 1 aliphatic carbocycles. The summed E-state index contributed by atoms with van der Waals surface area (Å²) >= 11 is 0. The number of nitrogens with zero attached hydrogens (tertiary/aromatic N) is 1. The lowest BCUT2D eigenvalue weighted by Crippen LogP contribution is -2.34. The molecule has 3 heteroatoms. The van der Waals surface area contributed by atoms with Crippen molar-refractivity contribution < 1.29 is 9.21 Å². The number of furan rings is 1. The molecule has 1 heterocycles. The maximum absolute atomic E-state index is 11.8. The number of rotatable bonds is 4. The van der Waals surface area contributed by atoms with E-state index in [0.717, 1.165) is 38.1 Å². The van der Waals surface area contributed by atoms with Crippen molar-refractivity contribution in [1.82, 2.24) is 4.90 Å². The average Bonchev–Trinajstić information content (AvgIpc) is 2.76. The molecule has 2 rings (SSSR count). The average molecular weight is 235 g/mol. The van der Waals surface area contributed by atoms with Crippen molar-refractivity contribution >= 4 is 5.78 Å². The van der Waals surface area contributed by atoms with Crippen molar-refractivity contribution in [2.45, 2.75) is 32.7 Å². The summed E-state index contributed by atoms with van der Waals surface area (Å²) in [5, 5.41) is 0. The monoisotopic (exact) mass is 235 g/mol. The predicted molar refractivity (Wildman–Crippen MR) is 66.6 cm³/mol. The normalized spacial score (nSPS) is 25.5. The van der Waals surface area contributed by atoms with Gasteiger partial charge in [-0.3, -0.25) is 9.69 Å². The van der Waals surface area contributed by atoms with Gasteiger partial charge in [-0.1, -0.05) is 6.92 Å². The van der Waals surface area contributed by atoms with Gasteiger partial charge in [0.15, 0.2) is 0 Å². The zero-order chi connectivity index (χ0) is 12.3. The number of carbonyl (C=O) groups excluding carboxylic acids is 1. The first-order chi connectivity index (χ1) is 8.15. The largest absolute Gasteiger partial charge is 0.468 e. The third-order valence-electron chi connectivity index (χ3n) is 3.56. The maximum atomic E-state index is 11.8. The summed E-state index contributed by atoms with van der Waals surface area (Å²) < 4.78 is 5.31. The van der Waals surface area contributed by atoms with Crippen molar-refractivity contribution in [3.05, 3.63) is 24.2 Å². The molecular weight excluding hydrogens is 214 g/mol. The van der Waals surface area contributed by atoms with Gasteiger partial charge in [0.25, 0.3) is 0 Å². The summed E-state index contributed by atoms with van der Waals surface area (Å²) in [6, 6.07) is 3.87. The van der Waals surface area contributed by atoms with Gasteiger partial charge in [0, 0.05) is 18.9 Å². The Morgan fingerprint density at radius 2 is 2.35 bits per heavy atom. The van der Waals surface area contributed by atoms with Crippen molar-refractivity contribution in [3.63, 3.8) is 0 Å². The van der Waals surface area contributed by atoms with Crippen LogP contribution in [0.15, 0.2) is 22.8 Å². The summed E-state index contributed by atoms with van der Waals surface area (Å²) in [4.78, 5) is 14.0. The highest BCUT2D eigenvalue weighted by Gasteiger charge is 2.27. The Labute approximate surface area is 103 Å². The molecule has 0 radical (unpaired) electrons. The SMILES string of the molecule is CC1CCC(=O)C(CN(C)Cc2ccco2)C1. The summed E-state index contributed by atoms with van der Waals surface area (Å²) in [5.41, 5.74) is 0. The van der Waals surface area contributed by atoms with Gasteiger partial charge in [-0.15, -0.1) is 0 Å². The minimum atomic E-state index is 0.221. The van der Waals surface area contributed by atoms with Gasteiger partial charge in [-0.25, -0.2) is 0 Å².